The quantitative estimate of drug-likeness (QED) is 0.264. The molecule has 212 valence electrons. The lowest BCUT2D eigenvalue weighted by atomic mass is 9.82. The van der Waals surface area contributed by atoms with Gasteiger partial charge in [-0.05, 0) is 90.3 Å². The Hall–Kier alpha value is -3.60. The van der Waals surface area contributed by atoms with E-state index in [1.54, 1.807) is 0 Å². The molecular weight excluding hydrogens is 498 g/mol. The van der Waals surface area contributed by atoms with Gasteiger partial charge in [0.1, 0.15) is 11.9 Å². The SMILES string of the molecule is COC(=O)CCNC(=O)c1ccc(C(Oc2cc(C)c(-c3ccc(C(C)C)cc3)c(C)c2)C2CCCCC2)cc1. The zero-order chi connectivity index (χ0) is 28.6. The van der Waals surface area contributed by atoms with Crippen molar-refractivity contribution in [3.63, 3.8) is 0 Å². The molecule has 1 aliphatic rings. The molecular formula is C35H43NO4. The number of rotatable bonds is 10. The van der Waals surface area contributed by atoms with Crippen LogP contribution in [0.3, 0.4) is 0 Å². The summed E-state index contributed by atoms with van der Waals surface area (Å²) in [6.07, 6.45) is 6.06. The second kappa shape index (κ2) is 13.6. The number of esters is 1. The lowest BCUT2D eigenvalue weighted by molar-refractivity contribution is -0.140. The molecule has 5 heteroatoms. The summed E-state index contributed by atoms with van der Waals surface area (Å²) in [5.74, 6) is 1.29. The van der Waals surface area contributed by atoms with E-state index in [4.69, 9.17) is 4.74 Å². The fourth-order valence-corrected chi connectivity index (χ4v) is 5.81. The highest BCUT2D eigenvalue weighted by Gasteiger charge is 2.27. The molecule has 0 saturated heterocycles. The van der Waals surface area contributed by atoms with Gasteiger partial charge in [-0.15, -0.1) is 0 Å². The van der Waals surface area contributed by atoms with Gasteiger partial charge in [0.2, 0.25) is 0 Å². The first-order valence-corrected chi connectivity index (χ1v) is 14.6. The molecule has 3 aromatic carbocycles. The van der Waals surface area contributed by atoms with Crippen LogP contribution in [0.4, 0.5) is 0 Å². The van der Waals surface area contributed by atoms with Gasteiger partial charge in [0, 0.05) is 18.0 Å². The largest absolute Gasteiger partial charge is 0.485 e. The predicted octanol–water partition coefficient (Wildman–Crippen LogP) is 8.09. The number of benzene rings is 3. The second-order valence-electron chi connectivity index (χ2n) is 11.3. The molecule has 1 amide bonds. The van der Waals surface area contributed by atoms with Crippen LogP contribution in [0.15, 0.2) is 60.7 Å². The highest BCUT2D eigenvalue weighted by Crippen LogP contribution is 2.39. The van der Waals surface area contributed by atoms with Crippen LogP contribution in [0.25, 0.3) is 11.1 Å². The number of methoxy groups -OCH3 is 1. The average molecular weight is 542 g/mol. The minimum Gasteiger partial charge on any atom is -0.485 e. The number of hydrogen-bond donors (Lipinski definition) is 1. The summed E-state index contributed by atoms with van der Waals surface area (Å²) in [4.78, 5) is 23.9. The Morgan fingerprint density at radius 2 is 1.48 bits per heavy atom. The molecule has 1 aliphatic carbocycles. The van der Waals surface area contributed by atoms with Crippen molar-refractivity contribution in [3.05, 3.63) is 88.5 Å². The molecule has 1 fully saturated rings. The van der Waals surface area contributed by atoms with Crippen LogP contribution >= 0.6 is 0 Å². The van der Waals surface area contributed by atoms with Crippen molar-refractivity contribution >= 4 is 11.9 Å². The highest BCUT2D eigenvalue weighted by molar-refractivity contribution is 5.94. The molecule has 0 bridgehead atoms. The van der Waals surface area contributed by atoms with E-state index >= 15 is 0 Å². The lowest BCUT2D eigenvalue weighted by Gasteiger charge is -2.31. The van der Waals surface area contributed by atoms with Crippen LogP contribution in [0.5, 0.6) is 5.75 Å². The Balaban J connectivity index is 1.54. The van der Waals surface area contributed by atoms with Gasteiger partial charge in [-0.3, -0.25) is 9.59 Å². The van der Waals surface area contributed by atoms with Gasteiger partial charge in [-0.2, -0.15) is 0 Å². The third-order valence-corrected chi connectivity index (χ3v) is 8.06. The zero-order valence-corrected chi connectivity index (χ0v) is 24.6. The van der Waals surface area contributed by atoms with E-state index in [9.17, 15) is 9.59 Å². The van der Waals surface area contributed by atoms with E-state index in [-0.39, 0.29) is 30.9 Å². The summed E-state index contributed by atoms with van der Waals surface area (Å²) >= 11 is 0. The van der Waals surface area contributed by atoms with E-state index in [1.807, 2.05) is 24.3 Å². The zero-order valence-electron chi connectivity index (χ0n) is 24.6. The molecule has 0 aliphatic heterocycles. The van der Waals surface area contributed by atoms with E-state index in [2.05, 4.69) is 74.1 Å². The Labute approximate surface area is 239 Å². The van der Waals surface area contributed by atoms with Gasteiger partial charge in [0.05, 0.1) is 13.5 Å². The van der Waals surface area contributed by atoms with Crippen LogP contribution in [-0.4, -0.2) is 25.5 Å². The highest BCUT2D eigenvalue weighted by atomic mass is 16.5. The van der Waals surface area contributed by atoms with E-state index in [0.29, 0.717) is 17.4 Å². The summed E-state index contributed by atoms with van der Waals surface area (Å²) in [5.41, 5.74) is 7.90. The topological polar surface area (TPSA) is 64.6 Å². The Kier molecular flexibility index (Phi) is 10.0. The summed E-state index contributed by atoms with van der Waals surface area (Å²) in [6.45, 7) is 9.01. The molecule has 3 aromatic rings. The maximum atomic E-state index is 12.6. The molecule has 0 aromatic heterocycles. The molecule has 1 unspecified atom stereocenters. The normalized spacial score (nSPS) is 14.6. The van der Waals surface area contributed by atoms with E-state index < -0.39 is 0 Å². The maximum absolute atomic E-state index is 12.6. The lowest BCUT2D eigenvalue weighted by Crippen LogP contribution is -2.26. The van der Waals surface area contributed by atoms with Crippen LogP contribution in [-0.2, 0) is 9.53 Å². The molecule has 1 atom stereocenters. The first-order chi connectivity index (χ1) is 19.3. The van der Waals surface area contributed by atoms with Crippen LogP contribution in [0, 0.1) is 19.8 Å². The molecule has 0 heterocycles. The molecule has 1 N–H and O–H groups in total. The van der Waals surface area contributed by atoms with Crippen molar-refractivity contribution in [3.8, 4) is 16.9 Å². The van der Waals surface area contributed by atoms with Crippen molar-refractivity contribution in [2.75, 3.05) is 13.7 Å². The first kappa shape index (κ1) is 29.4. The van der Waals surface area contributed by atoms with E-state index in [1.165, 1.54) is 54.2 Å². The number of hydrogen-bond acceptors (Lipinski definition) is 4. The second-order valence-corrected chi connectivity index (χ2v) is 11.3. The van der Waals surface area contributed by atoms with Gasteiger partial charge >= 0.3 is 5.97 Å². The fourth-order valence-electron chi connectivity index (χ4n) is 5.81. The van der Waals surface area contributed by atoms with Gasteiger partial charge in [-0.25, -0.2) is 0 Å². The van der Waals surface area contributed by atoms with Crippen molar-refractivity contribution in [1.82, 2.24) is 5.32 Å². The summed E-state index contributed by atoms with van der Waals surface area (Å²) in [5, 5.41) is 2.78. The third kappa shape index (κ3) is 7.32. The predicted molar refractivity (Wildman–Crippen MR) is 161 cm³/mol. The van der Waals surface area contributed by atoms with Crippen molar-refractivity contribution in [1.29, 1.82) is 0 Å². The first-order valence-electron chi connectivity index (χ1n) is 14.6. The average Bonchev–Trinajstić information content (AvgIpc) is 2.96. The number of nitrogens with one attached hydrogen (secondary N) is 1. The van der Waals surface area contributed by atoms with Gasteiger partial charge in [-0.1, -0.05) is 69.5 Å². The van der Waals surface area contributed by atoms with Crippen LogP contribution in [0.2, 0.25) is 0 Å². The van der Waals surface area contributed by atoms with Crippen molar-refractivity contribution in [2.45, 2.75) is 78.2 Å². The number of ether oxygens (including phenoxy) is 2. The summed E-state index contributed by atoms with van der Waals surface area (Å²) in [7, 11) is 1.34. The number of amides is 1. The molecule has 0 spiro atoms. The molecule has 0 radical (unpaired) electrons. The number of aryl methyl sites for hydroxylation is 2. The molecule has 5 nitrogen and oxygen atoms in total. The fraction of sp³-hybridized carbons (Fsp3) is 0.429. The monoisotopic (exact) mass is 541 g/mol. The van der Waals surface area contributed by atoms with Crippen LogP contribution < -0.4 is 10.1 Å². The van der Waals surface area contributed by atoms with Crippen molar-refractivity contribution in [2.24, 2.45) is 5.92 Å². The standard InChI is InChI=1S/C35H43NO4/c1-23(2)26-11-13-27(14-12-26)33-24(3)21-31(22-25(33)4)40-34(28-9-7-6-8-10-28)29-15-17-30(18-16-29)35(38)36-20-19-32(37)39-5/h11-18,21-23,28,34H,6-10,19-20H2,1-5H3,(H,36,38). The minimum absolute atomic E-state index is 0.0771. The smallest absolute Gasteiger partial charge is 0.307 e. The molecule has 40 heavy (non-hydrogen) atoms. The summed E-state index contributed by atoms with van der Waals surface area (Å²) < 4.78 is 11.4. The van der Waals surface area contributed by atoms with Gasteiger partial charge in [0.25, 0.3) is 5.91 Å². The summed E-state index contributed by atoms with van der Waals surface area (Å²) in [6, 6.07) is 21.0. The Morgan fingerprint density at radius 3 is 2.05 bits per heavy atom. The maximum Gasteiger partial charge on any atom is 0.307 e. The number of carbonyl (C=O) groups is 2. The Morgan fingerprint density at radius 1 is 0.875 bits per heavy atom. The van der Waals surface area contributed by atoms with E-state index in [0.717, 1.165) is 24.2 Å². The van der Waals surface area contributed by atoms with Gasteiger partial charge in [0.15, 0.2) is 0 Å². The molecule has 1 saturated carbocycles. The molecule has 4 rings (SSSR count). The minimum atomic E-state index is -0.342. The Bertz CT molecular complexity index is 1260. The van der Waals surface area contributed by atoms with Crippen LogP contribution in [0.1, 0.15) is 97.0 Å². The number of carbonyl (C=O) groups excluding carboxylic acids is 2. The van der Waals surface area contributed by atoms with Gasteiger partial charge < -0.3 is 14.8 Å². The van der Waals surface area contributed by atoms with Crippen molar-refractivity contribution < 1.29 is 19.1 Å². The third-order valence-electron chi connectivity index (χ3n) is 8.06.